The molecule has 1 amide bonds. The van der Waals surface area contributed by atoms with Crippen LogP contribution in [0.25, 0.3) is 11.0 Å². The third-order valence-corrected chi connectivity index (χ3v) is 6.40. The molecule has 7 heteroatoms. The molecule has 1 aliphatic rings. The van der Waals surface area contributed by atoms with E-state index in [0.717, 1.165) is 60.8 Å². The molecule has 5 rings (SSSR count). The summed E-state index contributed by atoms with van der Waals surface area (Å²) in [7, 11) is 1.68. The second kappa shape index (κ2) is 10.1. The van der Waals surface area contributed by atoms with Crippen LogP contribution in [0.1, 0.15) is 24.2 Å². The third-order valence-electron chi connectivity index (χ3n) is 6.40. The van der Waals surface area contributed by atoms with Crippen LogP contribution in [-0.2, 0) is 17.9 Å². The number of carbonyl (C=O) groups excluding carboxylic acids is 1. The summed E-state index contributed by atoms with van der Waals surface area (Å²) in [6.07, 6.45) is 5.27. The number of rotatable bonds is 7. The fourth-order valence-corrected chi connectivity index (χ4v) is 4.63. The average Bonchev–Trinajstić information content (AvgIpc) is 3.22. The van der Waals surface area contributed by atoms with E-state index in [1.807, 2.05) is 30.3 Å². The van der Waals surface area contributed by atoms with Gasteiger partial charge in [-0.25, -0.2) is 4.98 Å². The molecule has 4 aromatic rings. The van der Waals surface area contributed by atoms with Crippen molar-refractivity contribution < 1.29 is 9.53 Å². The number of carbonyl (C=O) groups is 1. The van der Waals surface area contributed by atoms with Crippen LogP contribution in [0.2, 0.25) is 0 Å². The molecule has 2 aromatic heterocycles. The third kappa shape index (κ3) is 4.94. The maximum absolute atomic E-state index is 12.9. The molecule has 0 spiro atoms. The number of amides is 1. The van der Waals surface area contributed by atoms with Crippen molar-refractivity contribution in [2.45, 2.75) is 25.9 Å². The van der Waals surface area contributed by atoms with Gasteiger partial charge in [0, 0.05) is 19.3 Å². The lowest BCUT2D eigenvalue weighted by Crippen LogP contribution is -2.40. The Bertz CT molecular complexity index is 1250. The van der Waals surface area contributed by atoms with Gasteiger partial charge >= 0.3 is 0 Å². The molecule has 1 fully saturated rings. The molecular weight excluding hydrogens is 426 g/mol. The van der Waals surface area contributed by atoms with E-state index in [0.29, 0.717) is 6.54 Å². The Morgan fingerprint density at radius 2 is 1.94 bits per heavy atom. The molecule has 0 bridgehead atoms. The molecule has 2 aromatic carbocycles. The van der Waals surface area contributed by atoms with Crippen molar-refractivity contribution >= 4 is 22.6 Å². The summed E-state index contributed by atoms with van der Waals surface area (Å²) in [5.41, 5.74) is 4.05. The fourth-order valence-electron chi connectivity index (χ4n) is 4.63. The zero-order valence-corrected chi connectivity index (χ0v) is 19.4. The first-order valence-corrected chi connectivity index (χ1v) is 11.7. The number of anilines is 1. The number of piperidine rings is 1. The Morgan fingerprint density at radius 3 is 2.74 bits per heavy atom. The standard InChI is InChI=1S/C27H29N5O2/c1-34-23-12-10-20(11-13-23)17-32-25-9-3-2-8-24(25)30-26(32)19-31-15-5-6-21(18-31)27(33)29-22-7-4-14-28-16-22/h2-4,7-14,16,21H,5-6,15,17-19H2,1H3,(H,29,33)/t21-/m1/s1. The Morgan fingerprint density at radius 1 is 1.09 bits per heavy atom. The molecule has 0 saturated carbocycles. The number of ether oxygens (including phenoxy) is 1. The van der Waals surface area contributed by atoms with Crippen LogP contribution in [0.4, 0.5) is 5.69 Å². The van der Waals surface area contributed by atoms with E-state index in [-0.39, 0.29) is 11.8 Å². The minimum absolute atomic E-state index is 0.0478. The van der Waals surface area contributed by atoms with Crippen molar-refractivity contribution in [2.75, 3.05) is 25.5 Å². The van der Waals surface area contributed by atoms with Crippen LogP contribution >= 0.6 is 0 Å². The van der Waals surface area contributed by atoms with E-state index in [2.05, 4.69) is 50.1 Å². The first-order valence-electron chi connectivity index (χ1n) is 11.7. The quantitative estimate of drug-likeness (QED) is 0.449. The normalized spacial score (nSPS) is 16.4. The lowest BCUT2D eigenvalue weighted by atomic mass is 9.97. The summed E-state index contributed by atoms with van der Waals surface area (Å²) in [6, 6.07) is 20.1. The van der Waals surface area contributed by atoms with Gasteiger partial charge in [0.2, 0.25) is 5.91 Å². The number of hydrogen-bond donors (Lipinski definition) is 1. The van der Waals surface area contributed by atoms with E-state index < -0.39 is 0 Å². The second-order valence-corrected chi connectivity index (χ2v) is 8.76. The van der Waals surface area contributed by atoms with Gasteiger partial charge in [0.1, 0.15) is 11.6 Å². The monoisotopic (exact) mass is 455 g/mol. The molecule has 1 aliphatic heterocycles. The van der Waals surface area contributed by atoms with Gasteiger partial charge in [0.25, 0.3) is 0 Å². The summed E-state index contributed by atoms with van der Waals surface area (Å²) in [4.78, 5) is 24.3. The summed E-state index contributed by atoms with van der Waals surface area (Å²) >= 11 is 0. The molecule has 174 valence electrons. The van der Waals surface area contributed by atoms with Gasteiger partial charge in [-0.15, -0.1) is 0 Å². The van der Waals surface area contributed by atoms with E-state index in [1.165, 1.54) is 5.56 Å². The SMILES string of the molecule is COc1ccc(Cn2c(CN3CCC[C@@H](C(=O)Nc4cccnc4)C3)nc3ccccc32)cc1. The number of hydrogen-bond acceptors (Lipinski definition) is 5. The Hall–Kier alpha value is -3.71. The van der Waals surface area contributed by atoms with E-state index in [1.54, 1.807) is 19.5 Å². The number of nitrogens with one attached hydrogen (secondary N) is 1. The van der Waals surface area contributed by atoms with Gasteiger partial charge in [-0.3, -0.25) is 14.7 Å². The van der Waals surface area contributed by atoms with Gasteiger partial charge in [0.05, 0.1) is 42.5 Å². The Labute approximate surface area is 199 Å². The molecule has 0 unspecified atom stereocenters. The smallest absolute Gasteiger partial charge is 0.228 e. The number of aromatic nitrogens is 3. The topological polar surface area (TPSA) is 72.3 Å². The lowest BCUT2D eigenvalue weighted by molar-refractivity contribution is -0.121. The summed E-state index contributed by atoms with van der Waals surface area (Å²) in [5, 5.41) is 3.01. The first-order chi connectivity index (χ1) is 16.7. The van der Waals surface area contributed by atoms with Crippen molar-refractivity contribution in [3.8, 4) is 5.75 Å². The van der Waals surface area contributed by atoms with Crippen LogP contribution in [-0.4, -0.2) is 45.5 Å². The highest BCUT2D eigenvalue weighted by Crippen LogP contribution is 2.24. The predicted octanol–water partition coefficient (Wildman–Crippen LogP) is 4.34. The van der Waals surface area contributed by atoms with Crippen molar-refractivity contribution in [3.05, 3.63) is 84.4 Å². The van der Waals surface area contributed by atoms with Gasteiger partial charge in [-0.2, -0.15) is 0 Å². The van der Waals surface area contributed by atoms with Crippen LogP contribution in [0.3, 0.4) is 0 Å². The molecular formula is C27H29N5O2. The zero-order valence-electron chi connectivity index (χ0n) is 19.4. The van der Waals surface area contributed by atoms with Crippen molar-refractivity contribution in [1.29, 1.82) is 0 Å². The number of pyridine rings is 1. The van der Waals surface area contributed by atoms with Crippen LogP contribution in [0, 0.1) is 5.92 Å². The maximum atomic E-state index is 12.9. The summed E-state index contributed by atoms with van der Waals surface area (Å²) in [6.45, 7) is 3.13. The lowest BCUT2D eigenvalue weighted by Gasteiger charge is -2.31. The van der Waals surface area contributed by atoms with E-state index >= 15 is 0 Å². The Kier molecular flexibility index (Phi) is 6.53. The second-order valence-electron chi connectivity index (χ2n) is 8.76. The molecule has 34 heavy (non-hydrogen) atoms. The maximum Gasteiger partial charge on any atom is 0.228 e. The molecule has 3 heterocycles. The van der Waals surface area contributed by atoms with E-state index in [9.17, 15) is 4.79 Å². The average molecular weight is 456 g/mol. The Balaban J connectivity index is 1.33. The predicted molar refractivity (Wildman–Crippen MR) is 133 cm³/mol. The van der Waals surface area contributed by atoms with Gasteiger partial charge < -0.3 is 14.6 Å². The number of methoxy groups -OCH3 is 1. The first kappa shape index (κ1) is 22.1. The molecule has 0 radical (unpaired) electrons. The van der Waals surface area contributed by atoms with Gasteiger partial charge in [-0.1, -0.05) is 24.3 Å². The van der Waals surface area contributed by atoms with Crippen molar-refractivity contribution in [3.63, 3.8) is 0 Å². The highest BCUT2D eigenvalue weighted by Gasteiger charge is 2.27. The number of nitrogens with zero attached hydrogens (tertiary/aromatic N) is 4. The van der Waals surface area contributed by atoms with Gasteiger partial charge in [-0.05, 0) is 61.3 Å². The van der Waals surface area contributed by atoms with Crippen molar-refractivity contribution in [1.82, 2.24) is 19.4 Å². The molecule has 1 N–H and O–H groups in total. The van der Waals surface area contributed by atoms with Crippen LogP contribution in [0.5, 0.6) is 5.75 Å². The largest absolute Gasteiger partial charge is 0.497 e. The molecule has 7 nitrogen and oxygen atoms in total. The number of imidazole rings is 1. The zero-order chi connectivity index (χ0) is 23.3. The summed E-state index contributed by atoms with van der Waals surface area (Å²) in [5.74, 6) is 1.88. The van der Waals surface area contributed by atoms with Gasteiger partial charge in [0.15, 0.2) is 0 Å². The van der Waals surface area contributed by atoms with Crippen molar-refractivity contribution in [2.24, 2.45) is 5.92 Å². The highest BCUT2D eigenvalue weighted by atomic mass is 16.5. The minimum Gasteiger partial charge on any atom is -0.497 e. The number of likely N-dealkylation sites (tertiary alicyclic amines) is 1. The van der Waals surface area contributed by atoms with Crippen LogP contribution < -0.4 is 10.1 Å². The summed E-state index contributed by atoms with van der Waals surface area (Å²) < 4.78 is 7.59. The minimum atomic E-state index is -0.0478. The number of para-hydroxylation sites is 2. The highest BCUT2D eigenvalue weighted by molar-refractivity contribution is 5.92. The fraction of sp³-hybridized carbons (Fsp3) is 0.296. The van der Waals surface area contributed by atoms with Crippen LogP contribution in [0.15, 0.2) is 73.1 Å². The molecule has 1 atom stereocenters. The number of fused-ring (bicyclic) bond motifs is 1. The molecule has 1 saturated heterocycles. The van der Waals surface area contributed by atoms with E-state index in [4.69, 9.17) is 9.72 Å². The number of benzene rings is 2. The molecule has 0 aliphatic carbocycles.